The fourth-order valence-electron chi connectivity index (χ4n) is 2.99. The van der Waals surface area contributed by atoms with E-state index in [-0.39, 0.29) is 6.10 Å². The molecule has 24 heavy (non-hydrogen) atoms. The zero-order valence-corrected chi connectivity index (χ0v) is 13.7. The molecule has 2 unspecified atom stereocenters. The molecule has 0 bridgehead atoms. The molecule has 0 aromatic heterocycles. The number of hydrogen-bond donors (Lipinski definition) is 1. The highest BCUT2D eigenvalue weighted by molar-refractivity contribution is 5.74. The summed E-state index contributed by atoms with van der Waals surface area (Å²) in [7, 11) is 4.65. The van der Waals surface area contributed by atoms with Gasteiger partial charge in [0.15, 0.2) is 17.5 Å². The van der Waals surface area contributed by atoms with E-state index in [2.05, 4.69) is 0 Å². The molecular weight excluding hydrogens is 308 g/mol. The lowest BCUT2D eigenvalue weighted by molar-refractivity contribution is 0.240. The first-order chi connectivity index (χ1) is 11.7. The number of allylic oxidation sites excluding steroid dienone is 2. The second-order valence-corrected chi connectivity index (χ2v) is 5.28. The van der Waals surface area contributed by atoms with Crippen LogP contribution in [-0.2, 0) is 4.74 Å². The molecule has 2 N–H and O–H groups in total. The molecule has 124 valence electrons. The quantitative estimate of drug-likeness (QED) is 0.859. The third-order valence-corrected chi connectivity index (χ3v) is 4.04. The van der Waals surface area contributed by atoms with E-state index in [9.17, 15) is 5.26 Å². The number of rotatable bonds is 4. The van der Waals surface area contributed by atoms with Crippen LogP contribution in [0.1, 0.15) is 0 Å². The Balaban J connectivity index is 2.54. The zero-order valence-electron chi connectivity index (χ0n) is 13.7. The zero-order chi connectivity index (χ0) is 17.3. The highest BCUT2D eigenvalue weighted by Gasteiger charge is 2.28. The first-order valence-electron chi connectivity index (χ1n) is 7.40. The van der Waals surface area contributed by atoms with Crippen LogP contribution in [0.15, 0.2) is 30.4 Å². The molecule has 1 aliphatic carbocycles. The molecule has 1 aromatic rings. The Morgan fingerprint density at radius 2 is 1.92 bits per heavy atom. The first kappa shape index (κ1) is 16.0. The van der Waals surface area contributed by atoms with Crippen LogP contribution >= 0.6 is 0 Å². The summed E-state index contributed by atoms with van der Waals surface area (Å²) in [6.07, 6.45) is 7.33. The van der Waals surface area contributed by atoms with Crippen LogP contribution in [0.25, 0.3) is 11.3 Å². The van der Waals surface area contributed by atoms with E-state index in [4.69, 9.17) is 24.7 Å². The van der Waals surface area contributed by atoms with Crippen LogP contribution in [-0.4, -0.2) is 33.5 Å². The maximum atomic E-state index is 9.26. The molecule has 1 heterocycles. The van der Waals surface area contributed by atoms with E-state index in [1.807, 2.05) is 30.4 Å². The third kappa shape index (κ3) is 2.30. The maximum absolute atomic E-state index is 9.26. The molecule has 3 rings (SSSR count). The van der Waals surface area contributed by atoms with Gasteiger partial charge in [0.05, 0.1) is 27.4 Å². The van der Waals surface area contributed by atoms with Gasteiger partial charge in [0.2, 0.25) is 5.75 Å². The summed E-state index contributed by atoms with van der Waals surface area (Å²) in [6.45, 7) is 0. The summed E-state index contributed by atoms with van der Waals surface area (Å²) in [5.74, 6) is 1.88. The van der Waals surface area contributed by atoms with Gasteiger partial charge in [-0.1, -0.05) is 18.2 Å². The standard InChI is InChI=1S/C18H18N2O4/c1-21-14-8-11-15(18(23-3)17(14)22-2)10-6-4-5-7-13(10)24-16(11)12(20)9-19/h4-8,12-13H,20H2,1-3H3. The second kappa shape index (κ2) is 6.30. The van der Waals surface area contributed by atoms with Gasteiger partial charge in [-0.25, -0.2) is 0 Å². The van der Waals surface area contributed by atoms with Crippen LogP contribution in [0.4, 0.5) is 0 Å². The van der Waals surface area contributed by atoms with Gasteiger partial charge in [-0.05, 0) is 12.1 Å². The maximum Gasteiger partial charge on any atom is 0.203 e. The molecule has 6 nitrogen and oxygen atoms in total. The largest absolute Gasteiger partial charge is 0.493 e. The first-order valence-corrected chi connectivity index (χ1v) is 7.40. The molecule has 0 saturated heterocycles. The van der Waals surface area contributed by atoms with Gasteiger partial charge in [0.25, 0.3) is 0 Å². The molecule has 2 atom stereocenters. The highest BCUT2D eigenvalue weighted by atomic mass is 16.5. The topological polar surface area (TPSA) is 86.7 Å². The molecule has 0 fully saturated rings. The van der Waals surface area contributed by atoms with E-state index in [0.29, 0.717) is 28.2 Å². The fraction of sp³-hybridized carbons (Fsp3) is 0.278. The normalized spacial score (nSPS) is 18.9. The molecule has 0 radical (unpaired) electrons. The lowest BCUT2D eigenvalue weighted by Crippen LogP contribution is -2.43. The number of nitrogens with zero attached hydrogens (tertiary/aromatic N) is 1. The third-order valence-electron chi connectivity index (χ3n) is 4.04. The smallest absolute Gasteiger partial charge is 0.203 e. The van der Waals surface area contributed by atoms with Crippen molar-refractivity contribution in [3.8, 4) is 23.3 Å². The minimum absolute atomic E-state index is 0.330. The summed E-state index contributed by atoms with van der Waals surface area (Å²) in [5.41, 5.74) is 6.87. The average molecular weight is 326 g/mol. The molecule has 0 amide bonds. The van der Waals surface area contributed by atoms with Gasteiger partial charge >= 0.3 is 0 Å². The lowest BCUT2D eigenvalue weighted by atomic mass is 9.95. The summed E-state index contributed by atoms with van der Waals surface area (Å²) in [4.78, 5) is 0. The van der Waals surface area contributed by atoms with Crippen molar-refractivity contribution in [3.63, 3.8) is 0 Å². The number of ether oxygens (including phenoxy) is 4. The van der Waals surface area contributed by atoms with Gasteiger partial charge in [-0.15, -0.1) is 0 Å². The predicted octanol–water partition coefficient (Wildman–Crippen LogP) is 0.347. The molecule has 1 aliphatic heterocycles. The van der Waals surface area contributed by atoms with Crippen molar-refractivity contribution in [1.29, 1.82) is 5.26 Å². The van der Waals surface area contributed by atoms with Crippen LogP contribution < -0.4 is 30.4 Å². The minimum Gasteiger partial charge on any atom is -0.493 e. The van der Waals surface area contributed by atoms with Crippen LogP contribution in [0, 0.1) is 11.3 Å². The van der Waals surface area contributed by atoms with Crippen molar-refractivity contribution < 1.29 is 18.9 Å². The van der Waals surface area contributed by atoms with Crippen molar-refractivity contribution in [2.24, 2.45) is 5.73 Å². The Labute approximate surface area is 139 Å². The fourth-order valence-corrected chi connectivity index (χ4v) is 2.99. The molecule has 0 spiro atoms. The summed E-state index contributed by atoms with van der Waals surface area (Å²) in [6, 6.07) is 2.89. The van der Waals surface area contributed by atoms with E-state index in [1.54, 1.807) is 20.3 Å². The van der Waals surface area contributed by atoms with Crippen molar-refractivity contribution in [1.82, 2.24) is 0 Å². The lowest BCUT2D eigenvalue weighted by Gasteiger charge is -2.27. The summed E-state index contributed by atoms with van der Waals surface area (Å²) < 4.78 is 22.5. The number of nitrogens with two attached hydrogens (primary N) is 1. The second-order valence-electron chi connectivity index (χ2n) is 5.28. The van der Waals surface area contributed by atoms with Gasteiger partial charge in [-0.3, -0.25) is 0 Å². The average Bonchev–Trinajstić information content (AvgIpc) is 2.64. The van der Waals surface area contributed by atoms with Gasteiger partial charge < -0.3 is 24.7 Å². The Hall–Kier alpha value is -2.91. The van der Waals surface area contributed by atoms with Gasteiger partial charge in [-0.2, -0.15) is 5.26 Å². The highest BCUT2D eigenvalue weighted by Crippen LogP contribution is 2.35. The van der Waals surface area contributed by atoms with E-state index < -0.39 is 6.04 Å². The molecular formula is C18H18N2O4. The summed E-state index contributed by atoms with van der Waals surface area (Å²) >= 11 is 0. The van der Waals surface area contributed by atoms with E-state index >= 15 is 0 Å². The van der Waals surface area contributed by atoms with Crippen LogP contribution in [0.3, 0.4) is 0 Å². The Morgan fingerprint density at radius 3 is 2.54 bits per heavy atom. The molecule has 6 heteroatoms. The van der Waals surface area contributed by atoms with Crippen molar-refractivity contribution in [2.45, 2.75) is 12.1 Å². The number of methoxy groups -OCH3 is 3. The Morgan fingerprint density at radius 1 is 1.17 bits per heavy atom. The number of benzene rings is 1. The predicted molar refractivity (Wildman–Crippen MR) is 88.9 cm³/mol. The van der Waals surface area contributed by atoms with E-state index in [0.717, 1.165) is 10.8 Å². The van der Waals surface area contributed by atoms with E-state index in [1.165, 1.54) is 7.11 Å². The Kier molecular flexibility index (Phi) is 4.19. The Bertz CT molecular complexity index is 893. The SMILES string of the molecule is COc1cc2c(c(OC)c1OC)=C1C=CC=CC1OC=2C(N)C#N. The van der Waals surface area contributed by atoms with Gasteiger partial charge in [0.1, 0.15) is 11.9 Å². The van der Waals surface area contributed by atoms with Crippen molar-refractivity contribution in [2.75, 3.05) is 21.3 Å². The number of fused-ring (bicyclic) bond motifs is 2. The van der Waals surface area contributed by atoms with Crippen molar-refractivity contribution in [3.05, 3.63) is 40.8 Å². The number of nitriles is 1. The van der Waals surface area contributed by atoms with Crippen LogP contribution in [0.2, 0.25) is 0 Å². The summed E-state index contributed by atoms with van der Waals surface area (Å²) in [5, 5.41) is 10.7. The van der Waals surface area contributed by atoms with Gasteiger partial charge in [0, 0.05) is 16.0 Å². The van der Waals surface area contributed by atoms with Crippen molar-refractivity contribution >= 4 is 11.3 Å². The minimum atomic E-state index is -0.896. The monoisotopic (exact) mass is 326 g/mol. The number of hydrogen-bond acceptors (Lipinski definition) is 6. The molecule has 1 aromatic carbocycles. The van der Waals surface area contributed by atoms with Crippen LogP contribution in [0.5, 0.6) is 17.2 Å². The molecule has 0 saturated carbocycles. The molecule has 2 aliphatic rings.